The highest BCUT2D eigenvalue weighted by molar-refractivity contribution is 7.22. The van der Waals surface area contributed by atoms with E-state index in [1.54, 1.807) is 17.0 Å². The fraction of sp³-hybridized carbons (Fsp3) is 0.259. The number of morpholine rings is 1. The molecule has 0 atom stereocenters. The van der Waals surface area contributed by atoms with Gasteiger partial charge in [-0.25, -0.2) is 13.8 Å². The van der Waals surface area contributed by atoms with Crippen molar-refractivity contribution >= 4 is 45.0 Å². The van der Waals surface area contributed by atoms with Gasteiger partial charge in [0, 0.05) is 37.8 Å². The summed E-state index contributed by atoms with van der Waals surface area (Å²) < 4.78 is 33.9. The van der Waals surface area contributed by atoms with Crippen LogP contribution in [0.5, 0.6) is 0 Å². The van der Waals surface area contributed by atoms with Crippen LogP contribution in [-0.2, 0) is 4.74 Å². The average molecular weight is 530 g/mol. The zero-order valence-electron chi connectivity index (χ0n) is 19.5. The minimum Gasteiger partial charge on any atom is -0.379 e. The molecule has 36 heavy (non-hydrogen) atoms. The Morgan fingerprint density at radius 1 is 1.00 bits per heavy atom. The second-order valence-electron chi connectivity index (χ2n) is 8.44. The standard InChI is InChI=1S/C27H25F2N3O2S.ClH/c28-22-17-23(29)25-24(18-22)35-27(30-25)32(12-4-11-31-13-15-34-16-14-31)26(33)21-9-7-20(8-10-21)19-5-2-1-3-6-19;/h1-3,5-10,17-18H,4,11-16H2;1H. The molecule has 0 spiro atoms. The van der Waals surface area contributed by atoms with Crippen LogP contribution >= 0.6 is 23.7 Å². The summed E-state index contributed by atoms with van der Waals surface area (Å²) in [6, 6.07) is 19.4. The van der Waals surface area contributed by atoms with Crippen molar-refractivity contribution < 1.29 is 18.3 Å². The third-order valence-electron chi connectivity index (χ3n) is 6.08. The van der Waals surface area contributed by atoms with Gasteiger partial charge in [0.05, 0.1) is 17.9 Å². The summed E-state index contributed by atoms with van der Waals surface area (Å²) in [6.45, 7) is 4.37. The van der Waals surface area contributed by atoms with Crippen molar-refractivity contribution in [3.8, 4) is 11.1 Å². The number of fused-ring (bicyclic) bond motifs is 1. The van der Waals surface area contributed by atoms with E-state index in [1.165, 1.54) is 6.07 Å². The molecule has 1 aliphatic heterocycles. The second-order valence-corrected chi connectivity index (χ2v) is 9.45. The Bertz CT molecular complexity index is 1310. The molecule has 188 valence electrons. The number of rotatable bonds is 7. The summed E-state index contributed by atoms with van der Waals surface area (Å²) in [4.78, 5) is 21.9. The number of carbonyl (C=O) groups excluding carboxylic acids is 1. The van der Waals surface area contributed by atoms with Crippen LogP contribution < -0.4 is 4.90 Å². The smallest absolute Gasteiger partial charge is 0.260 e. The van der Waals surface area contributed by atoms with Gasteiger partial charge in [-0.1, -0.05) is 53.8 Å². The van der Waals surface area contributed by atoms with Gasteiger partial charge in [0.15, 0.2) is 10.9 Å². The maximum absolute atomic E-state index is 14.3. The molecule has 0 N–H and O–H groups in total. The summed E-state index contributed by atoms with van der Waals surface area (Å²) in [5.74, 6) is -1.60. The van der Waals surface area contributed by atoms with E-state index in [0.29, 0.717) is 35.2 Å². The zero-order valence-corrected chi connectivity index (χ0v) is 21.2. The number of thiazole rings is 1. The molecule has 1 saturated heterocycles. The minimum absolute atomic E-state index is 0. The molecule has 0 unspecified atom stereocenters. The van der Waals surface area contributed by atoms with Crippen LogP contribution in [0, 0.1) is 11.6 Å². The van der Waals surface area contributed by atoms with Crippen molar-refractivity contribution in [3.05, 3.63) is 83.9 Å². The van der Waals surface area contributed by atoms with Gasteiger partial charge in [-0.05, 0) is 35.7 Å². The zero-order chi connectivity index (χ0) is 24.2. The highest BCUT2D eigenvalue weighted by Crippen LogP contribution is 2.32. The molecule has 0 aliphatic carbocycles. The van der Waals surface area contributed by atoms with Gasteiger partial charge in [-0.15, -0.1) is 12.4 Å². The Kier molecular flexibility index (Phi) is 8.64. The summed E-state index contributed by atoms with van der Waals surface area (Å²) in [5, 5.41) is 0.364. The normalized spacial score (nSPS) is 13.9. The molecule has 1 aromatic heterocycles. The van der Waals surface area contributed by atoms with Crippen molar-refractivity contribution in [3.63, 3.8) is 0 Å². The van der Waals surface area contributed by atoms with Crippen LogP contribution in [0.3, 0.4) is 0 Å². The van der Waals surface area contributed by atoms with Crippen molar-refractivity contribution in [2.75, 3.05) is 44.3 Å². The molecule has 1 aliphatic rings. The molecule has 0 radical (unpaired) electrons. The molecule has 0 bridgehead atoms. The topological polar surface area (TPSA) is 45.7 Å². The molecule has 5 nitrogen and oxygen atoms in total. The van der Waals surface area contributed by atoms with Crippen molar-refractivity contribution in [2.45, 2.75) is 6.42 Å². The summed E-state index contributed by atoms with van der Waals surface area (Å²) in [5.41, 5.74) is 2.68. The number of anilines is 1. The number of benzene rings is 3. The lowest BCUT2D eigenvalue weighted by molar-refractivity contribution is 0.0376. The lowest BCUT2D eigenvalue weighted by atomic mass is 10.0. The van der Waals surface area contributed by atoms with E-state index in [-0.39, 0.29) is 23.8 Å². The van der Waals surface area contributed by atoms with E-state index in [1.807, 2.05) is 42.5 Å². The van der Waals surface area contributed by atoms with Gasteiger partial charge in [0.1, 0.15) is 11.3 Å². The van der Waals surface area contributed by atoms with Crippen LogP contribution in [0.15, 0.2) is 66.7 Å². The molecular weight excluding hydrogens is 504 g/mol. The summed E-state index contributed by atoms with van der Waals surface area (Å²) in [6.07, 6.45) is 0.723. The van der Waals surface area contributed by atoms with Crippen LogP contribution in [0.25, 0.3) is 21.3 Å². The van der Waals surface area contributed by atoms with Crippen LogP contribution in [-0.4, -0.2) is 55.2 Å². The Balaban J connectivity index is 0.00000304. The minimum atomic E-state index is -0.726. The number of amides is 1. The predicted octanol–water partition coefficient (Wildman–Crippen LogP) is 6.03. The largest absolute Gasteiger partial charge is 0.379 e. The van der Waals surface area contributed by atoms with Gasteiger partial charge < -0.3 is 4.74 Å². The Hall–Kier alpha value is -2.91. The average Bonchev–Trinajstić information content (AvgIpc) is 3.31. The van der Waals surface area contributed by atoms with E-state index >= 15 is 0 Å². The maximum Gasteiger partial charge on any atom is 0.260 e. The van der Waals surface area contributed by atoms with Gasteiger partial charge in [-0.3, -0.25) is 14.6 Å². The van der Waals surface area contributed by atoms with Crippen LogP contribution in [0.4, 0.5) is 13.9 Å². The molecule has 2 heterocycles. The number of ether oxygens (including phenoxy) is 1. The fourth-order valence-electron chi connectivity index (χ4n) is 4.21. The molecule has 4 aromatic rings. The lowest BCUT2D eigenvalue weighted by Crippen LogP contribution is -2.39. The first-order valence-corrected chi connectivity index (χ1v) is 12.4. The number of halogens is 3. The first-order valence-electron chi connectivity index (χ1n) is 11.6. The number of nitrogens with zero attached hydrogens (tertiary/aromatic N) is 3. The van der Waals surface area contributed by atoms with Gasteiger partial charge in [0.25, 0.3) is 5.91 Å². The molecule has 5 rings (SSSR count). The quantitative estimate of drug-likeness (QED) is 0.293. The monoisotopic (exact) mass is 529 g/mol. The molecular formula is C27H26ClF2N3O2S. The number of hydrogen-bond acceptors (Lipinski definition) is 5. The maximum atomic E-state index is 14.3. The van der Waals surface area contributed by atoms with Gasteiger partial charge in [-0.2, -0.15) is 0 Å². The summed E-state index contributed by atoms with van der Waals surface area (Å²) >= 11 is 1.12. The molecule has 3 aromatic carbocycles. The first kappa shape index (κ1) is 26.2. The SMILES string of the molecule is Cl.O=C(c1ccc(-c2ccccc2)cc1)N(CCCN1CCOCC1)c1nc2c(F)cc(F)cc2s1. The van der Waals surface area contributed by atoms with E-state index in [9.17, 15) is 13.6 Å². The van der Waals surface area contributed by atoms with Crippen molar-refractivity contribution in [2.24, 2.45) is 0 Å². The lowest BCUT2D eigenvalue weighted by Gasteiger charge is -2.27. The molecule has 0 saturated carbocycles. The third-order valence-corrected chi connectivity index (χ3v) is 7.10. The number of aromatic nitrogens is 1. The first-order chi connectivity index (χ1) is 17.1. The van der Waals surface area contributed by atoms with Crippen molar-refractivity contribution in [1.82, 2.24) is 9.88 Å². The number of hydrogen-bond donors (Lipinski definition) is 0. The predicted molar refractivity (Wildman–Crippen MR) is 142 cm³/mol. The fourth-order valence-corrected chi connectivity index (χ4v) is 5.24. The van der Waals surface area contributed by atoms with Crippen molar-refractivity contribution in [1.29, 1.82) is 0 Å². The highest BCUT2D eigenvalue weighted by Gasteiger charge is 2.23. The molecule has 1 amide bonds. The summed E-state index contributed by atoms with van der Waals surface area (Å²) in [7, 11) is 0. The van der Waals surface area contributed by atoms with Gasteiger partial charge in [0.2, 0.25) is 0 Å². The molecule has 9 heteroatoms. The number of carbonyl (C=O) groups is 1. The van der Waals surface area contributed by atoms with E-state index in [2.05, 4.69) is 9.88 Å². The highest BCUT2D eigenvalue weighted by atomic mass is 35.5. The van der Waals surface area contributed by atoms with E-state index in [4.69, 9.17) is 4.74 Å². The molecule has 1 fully saturated rings. The Morgan fingerprint density at radius 2 is 1.69 bits per heavy atom. The van der Waals surface area contributed by atoms with Gasteiger partial charge >= 0.3 is 0 Å². The van der Waals surface area contributed by atoms with Crippen LogP contribution in [0.2, 0.25) is 0 Å². The Labute approximate surface area is 218 Å². The third kappa shape index (κ3) is 5.90. The Morgan fingerprint density at radius 3 is 2.42 bits per heavy atom. The van der Waals surface area contributed by atoms with E-state index in [0.717, 1.165) is 54.6 Å². The van der Waals surface area contributed by atoms with E-state index < -0.39 is 11.6 Å². The van der Waals surface area contributed by atoms with Crippen LogP contribution in [0.1, 0.15) is 16.8 Å². The second kappa shape index (κ2) is 11.9.